The van der Waals surface area contributed by atoms with Crippen LogP contribution in [-0.4, -0.2) is 16.6 Å². The van der Waals surface area contributed by atoms with Crippen molar-refractivity contribution in [2.24, 2.45) is 0 Å². The zero-order valence-corrected chi connectivity index (χ0v) is 21.4. The number of amides is 1. The molecule has 6 heteroatoms. The minimum atomic E-state index is -0.542. The van der Waals surface area contributed by atoms with E-state index in [1.165, 1.54) is 10.1 Å². The maximum atomic E-state index is 12.9. The Bertz CT molecular complexity index is 1520. The summed E-state index contributed by atoms with van der Waals surface area (Å²) >= 11 is 0. The molecule has 1 amide bonds. The normalized spacial score (nSPS) is 11.7. The lowest BCUT2D eigenvalue weighted by atomic mass is 9.87. The van der Waals surface area contributed by atoms with Crippen molar-refractivity contribution in [3.8, 4) is 6.07 Å². The Kier molecular flexibility index (Phi) is 7.26. The first-order valence-corrected chi connectivity index (χ1v) is 12.0. The van der Waals surface area contributed by atoms with E-state index in [-0.39, 0.29) is 17.9 Å². The first-order chi connectivity index (χ1) is 17.7. The zero-order valence-electron chi connectivity index (χ0n) is 21.4. The van der Waals surface area contributed by atoms with Crippen molar-refractivity contribution in [2.45, 2.75) is 39.7 Å². The SMILES string of the molecule is C/C(=C\c1cn(C(=O)OCc2ccccc2)c2ccc(C#N)cc12)C(=O)Nc1ccc(C(C)(C)C)cc1. The fourth-order valence-electron chi connectivity index (χ4n) is 3.96. The van der Waals surface area contributed by atoms with Crippen LogP contribution >= 0.6 is 0 Å². The molecule has 0 unspecified atom stereocenters. The van der Waals surface area contributed by atoms with E-state index in [4.69, 9.17) is 4.74 Å². The standard InChI is InChI=1S/C31H29N3O3/c1-21(29(35)33-26-13-11-25(12-14-26)31(2,3)4)16-24-19-34(28-15-10-23(18-32)17-27(24)28)30(36)37-20-22-8-6-5-7-9-22/h5-17,19H,20H2,1-4H3,(H,33,35)/b21-16+. The van der Waals surface area contributed by atoms with Crippen molar-refractivity contribution in [3.63, 3.8) is 0 Å². The van der Waals surface area contributed by atoms with Gasteiger partial charge < -0.3 is 10.1 Å². The molecule has 4 aromatic rings. The molecule has 6 nitrogen and oxygen atoms in total. The van der Waals surface area contributed by atoms with E-state index < -0.39 is 6.09 Å². The van der Waals surface area contributed by atoms with Gasteiger partial charge in [-0.15, -0.1) is 0 Å². The number of benzene rings is 3. The van der Waals surface area contributed by atoms with Crippen LogP contribution in [0.3, 0.4) is 0 Å². The van der Waals surface area contributed by atoms with Crippen LogP contribution in [0.25, 0.3) is 17.0 Å². The van der Waals surface area contributed by atoms with Gasteiger partial charge in [-0.25, -0.2) is 4.79 Å². The second-order valence-electron chi connectivity index (χ2n) is 9.95. The monoisotopic (exact) mass is 491 g/mol. The third kappa shape index (κ3) is 5.96. The van der Waals surface area contributed by atoms with E-state index in [9.17, 15) is 14.9 Å². The Labute approximate surface area is 216 Å². The van der Waals surface area contributed by atoms with Gasteiger partial charge in [0, 0.05) is 28.4 Å². The first-order valence-electron chi connectivity index (χ1n) is 12.0. The van der Waals surface area contributed by atoms with E-state index in [0.717, 1.165) is 5.56 Å². The number of anilines is 1. The average Bonchev–Trinajstić information content (AvgIpc) is 3.25. The molecule has 0 spiro atoms. The quantitative estimate of drug-likeness (QED) is 0.304. The van der Waals surface area contributed by atoms with Crippen molar-refractivity contribution in [2.75, 3.05) is 5.32 Å². The van der Waals surface area contributed by atoms with Gasteiger partial charge in [0.15, 0.2) is 0 Å². The van der Waals surface area contributed by atoms with E-state index in [1.807, 2.05) is 54.6 Å². The molecule has 3 aromatic carbocycles. The molecule has 0 saturated heterocycles. The van der Waals surface area contributed by atoms with Gasteiger partial charge in [0.05, 0.1) is 17.1 Å². The minimum Gasteiger partial charge on any atom is -0.444 e. The molecular formula is C31H29N3O3. The van der Waals surface area contributed by atoms with Gasteiger partial charge in [0.2, 0.25) is 0 Å². The van der Waals surface area contributed by atoms with E-state index in [1.54, 1.807) is 37.4 Å². The minimum absolute atomic E-state index is 0.0249. The predicted molar refractivity (Wildman–Crippen MR) is 146 cm³/mol. The van der Waals surface area contributed by atoms with Crippen molar-refractivity contribution >= 4 is 34.7 Å². The summed E-state index contributed by atoms with van der Waals surface area (Å²) in [6.45, 7) is 8.26. The highest BCUT2D eigenvalue weighted by atomic mass is 16.5. The number of nitrogens with zero attached hydrogens (tertiary/aromatic N) is 2. The maximum absolute atomic E-state index is 12.9. The number of ether oxygens (including phenoxy) is 1. The summed E-state index contributed by atoms with van der Waals surface area (Å²) in [5.74, 6) is -0.257. The third-order valence-corrected chi connectivity index (χ3v) is 6.11. The number of fused-ring (bicyclic) bond motifs is 1. The molecule has 0 atom stereocenters. The molecule has 1 N–H and O–H groups in total. The van der Waals surface area contributed by atoms with Crippen LogP contribution in [0.15, 0.2) is 84.6 Å². The lowest BCUT2D eigenvalue weighted by Crippen LogP contribution is -2.14. The van der Waals surface area contributed by atoms with Gasteiger partial charge in [0.25, 0.3) is 5.91 Å². The molecule has 37 heavy (non-hydrogen) atoms. The van der Waals surface area contributed by atoms with Gasteiger partial charge in [-0.1, -0.05) is 63.2 Å². The van der Waals surface area contributed by atoms with E-state index >= 15 is 0 Å². The molecule has 1 aromatic heterocycles. The Morgan fingerprint density at radius 3 is 2.38 bits per heavy atom. The average molecular weight is 492 g/mol. The van der Waals surface area contributed by atoms with Crippen LogP contribution in [0.1, 0.15) is 49.9 Å². The fourth-order valence-corrected chi connectivity index (χ4v) is 3.96. The summed E-state index contributed by atoms with van der Waals surface area (Å²) in [6, 6.07) is 24.4. The Morgan fingerprint density at radius 2 is 1.73 bits per heavy atom. The lowest BCUT2D eigenvalue weighted by Gasteiger charge is -2.19. The first kappa shape index (κ1) is 25.5. The smallest absolute Gasteiger partial charge is 0.418 e. The molecular weight excluding hydrogens is 462 g/mol. The van der Waals surface area contributed by atoms with Crippen LogP contribution in [0.4, 0.5) is 10.5 Å². The third-order valence-electron chi connectivity index (χ3n) is 6.11. The lowest BCUT2D eigenvalue weighted by molar-refractivity contribution is -0.112. The molecule has 0 radical (unpaired) electrons. The second kappa shape index (κ2) is 10.5. The zero-order chi connectivity index (χ0) is 26.6. The van der Waals surface area contributed by atoms with Crippen LogP contribution in [0.2, 0.25) is 0 Å². The number of aromatic nitrogens is 1. The Hall–Kier alpha value is -4.63. The Balaban J connectivity index is 1.59. The molecule has 0 aliphatic heterocycles. The summed E-state index contributed by atoms with van der Waals surface area (Å²) in [4.78, 5) is 25.9. The van der Waals surface area contributed by atoms with Crippen LogP contribution < -0.4 is 5.32 Å². The number of rotatable bonds is 5. The maximum Gasteiger partial charge on any atom is 0.418 e. The van der Waals surface area contributed by atoms with Crippen molar-refractivity contribution in [3.05, 3.63) is 107 Å². The number of carbonyl (C=O) groups excluding carboxylic acids is 2. The van der Waals surface area contributed by atoms with Gasteiger partial charge in [-0.05, 0) is 59.9 Å². The number of nitriles is 1. The number of carbonyl (C=O) groups is 2. The number of hydrogen-bond acceptors (Lipinski definition) is 4. The second-order valence-corrected chi connectivity index (χ2v) is 9.95. The van der Waals surface area contributed by atoms with Gasteiger partial charge >= 0.3 is 6.09 Å². The van der Waals surface area contributed by atoms with E-state index in [2.05, 4.69) is 32.2 Å². The van der Waals surface area contributed by atoms with Crippen molar-refractivity contribution in [1.29, 1.82) is 5.26 Å². The highest BCUT2D eigenvalue weighted by molar-refractivity contribution is 6.08. The molecule has 4 rings (SSSR count). The molecule has 186 valence electrons. The summed E-state index contributed by atoms with van der Waals surface area (Å²) in [7, 11) is 0. The topological polar surface area (TPSA) is 84.1 Å². The molecule has 0 saturated carbocycles. The summed E-state index contributed by atoms with van der Waals surface area (Å²) in [5, 5.41) is 13.0. The summed E-state index contributed by atoms with van der Waals surface area (Å²) in [5.41, 5.74) is 4.92. The van der Waals surface area contributed by atoms with Crippen molar-refractivity contribution < 1.29 is 14.3 Å². The van der Waals surface area contributed by atoms with Gasteiger partial charge in [-0.3, -0.25) is 9.36 Å². The largest absolute Gasteiger partial charge is 0.444 e. The summed E-state index contributed by atoms with van der Waals surface area (Å²) in [6.07, 6.45) is 2.80. The molecule has 0 bridgehead atoms. The molecule has 0 fully saturated rings. The van der Waals surface area contributed by atoms with Gasteiger partial charge in [-0.2, -0.15) is 5.26 Å². The predicted octanol–water partition coefficient (Wildman–Crippen LogP) is 7.04. The van der Waals surface area contributed by atoms with Crippen LogP contribution in [0.5, 0.6) is 0 Å². The number of nitrogens with one attached hydrogen (secondary N) is 1. The van der Waals surface area contributed by atoms with E-state index in [0.29, 0.717) is 33.3 Å². The number of hydrogen-bond donors (Lipinski definition) is 1. The van der Waals surface area contributed by atoms with Gasteiger partial charge in [0.1, 0.15) is 6.61 Å². The molecule has 1 heterocycles. The van der Waals surface area contributed by atoms with Crippen LogP contribution in [-0.2, 0) is 21.6 Å². The molecule has 0 aliphatic carbocycles. The van der Waals surface area contributed by atoms with Crippen molar-refractivity contribution in [1.82, 2.24) is 4.57 Å². The fraction of sp³-hybridized carbons (Fsp3) is 0.194. The molecule has 0 aliphatic rings. The van der Waals surface area contributed by atoms with Crippen LogP contribution in [0, 0.1) is 11.3 Å². The highest BCUT2D eigenvalue weighted by Crippen LogP contribution is 2.27. The Morgan fingerprint density at radius 1 is 1.03 bits per heavy atom. The highest BCUT2D eigenvalue weighted by Gasteiger charge is 2.17. The summed E-state index contributed by atoms with van der Waals surface area (Å²) < 4.78 is 6.92.